The molecule has 0 aliphatic heterocycles. The molecule has 1 fully saturated rings. The molecule has 0 spiro atoms. The first-order chi connectivity index (χ1) is 2.93. The summed E-state index contributed by atoms with van der Waals surface area (Å²) in [4.78, 5) is 0. The highest BCUT2D eigenvalue weighted by Gasteiger charge is 2.20. The lowest BCUT2D eigenvalue weighted by atomic mass is 10.9. The Balaban J connectivity index is 0.000000360. The Morgan fingerprint density at radius 1 is 1.57 bits per heavy atom. The maximum atomic E-state index is 2.32. The molecular weight excluding hydrogens is 164 g/mol. The van der Waals surface area contributed by atoms with Crippen molar-refractivity contribution in [2.75, 3.05) is 0 Å². The standard InChI is InChI=1S/C3H5.C2H5.BrH.Mg/c1-2-3-1;1-2;;/h1H,2-3H2;1H2,2H3;1H;. The molecule has 1 aliphatic rings. The molecule has 0 radical (unpaired) electrons. The number of hydrogen-bond donors (Lipinski definition) is 0. The van der Waals surface area contributed by atoms with Crippen LogP contribution in [0.25, 0.3) is 0 Å². The van der Waals surface area contributed by atoms with E-state index in [1.54, 1.807) is 12.8 Å². The summed E-state index contributed by atoms with van der Waals surface area (Å²) in [7, 11) is 0. The maximum absolute atomic E-state index is 2.32. The van der Waals surface area contributed by atoms with Crippen LogP contribution < -0.4 is 0 Å². The summed E-state index contributed by atoms with van der Waals surface area (Å²) in [6.07, 6.45) is 3.17. The van der Waals surface area contributed by atoms with Crippen LogP contribution in [0.1, 0.15) is 19.8 Å². The Bertz CT molecular complexity index is 43.3. The van der Waals surface area contributed by atoms with Crippen molar-refractivity contribution in [1.29, 1.82) is 0 Å². The van der Waals surface area contributed by atoms with E-state index in [1.807, 2.05) is 0 Å². The van der Waals surface area contributed by atoms with Crippen LogP contribution in [0.2, 0.25) is 8.60 Å². The van der Waals surface area contributed by atoms with Gasteiger partial charge >= 0.3 is 20.4 Å². The molecule has 1 saturated carbocycles. The summed E-state index contributed by atoms with van der Waals surface area (Å²) in [6.45, 7) is 2.32. The van der Waals surface area contributed by atoms with Gasteiger partial charge < -0.3 is 0 Å². The van der Waals surface area contributed by atoms with Crippen molar-refractivity contribution in [3.8, 4) is 0 Å². The molecule has 0 bridgehead atoms. The number of hydrogen-bond acceptors (Lipinski definition) is 0. The van der Waals surface area contributed by atoms with E-state index < -0.39 is 0 Å². The van der Waals surface area contributed by atoms with Crippen LogP contribution in [0.5, 0.6) is 0 Å². The van der Waals surface area contributed by atoms with E-state index in [1.165, 1.54) is 8.60 Å². The monoisotopic (exact) mass is 174 g/mol. The predicted octanol–water partition coefficient (Wildman–Crippen LogP) is 2.29. The smallest absolute Gasteiger partial charge is 0.148 e. The average molecular weight is 175 g/mol. The van der Waals surface area contributed by atoms with Crippen molar-refractivity contribution >= 4 is 37.3 Å². The quantitative estimate of drug-likeness (QED) is 0.565. The van der Waals surface area contributed by atoms with Crippen molar-refractivity contribution in [2.45, 2.75) is 28.4 Å². The number of rotatable bonds is 2. The van der Waals surface area contributed by atoms with Gasteiger partial charge in [0.05, 0.1) is 0 Å². The summed E-state index contributed by atoms with van der Waals surface area (Å²) < 4.78 is 2.82. The zero-order chi connectivity index (χ0) is 4.41. The molecule has 0 atom stereocenters. The first-order valence-corrected chi connectivity index (χ1v) is 4.75. The minimum atomic E-state index is 0. The molecule has 0 aromatic carbocycles. The van der Waals surface area contributed by atoms with Gasteiger partial charge in [-0.3, -0.25) is 0 Å². The van der Waals surface area contributed by atoms with Crippen LogP contribution in [0, 0.1) is 0 Å². The van der Waals surface area contributed by atoms with Crippen molar-refractivity contribution in [2.24, 2.45) is 0 Å². The second-order valence-corrected chi connectivity index (χ2v) is 4.96. The molecule has 0 N–H and O–H groups in total. The summed E-state index contributed by atoms with van der Waals surface area (Å²) in [5.74, 6) is 0. The minimum absolute atomic E-state index is 0. The van der Waals surface area contributed by atoms with Crippen LogP contribution in [0.3, 0.4) is 0 Å². The fourth-order valence-electron chi connectivity index (χ4n) is 0.815. The molecular formula is C5H11BrMg. The van der Waals surface area contributed by atoms with Gasteiger partial charge in [0.2, 0.25) is 0 Å². The molecule has 0 saturated heterocycles. The van der Waals surface area contributed by atoms with Crippen LogP contribution in [-0.2, 0) is 0 Å². The molecule has 0 aromatic heterocycles. The molecule has 0 nitrogen and oxygen atoms in total. The normalized spacial score (nSPS) is 17.3. The van der Waals surface area contributed by atoms with E-state index in [9.17, 15) is 0 Å². The highest BCUT2D eigenvalue weighted by atomic mass is 79.9. The van der Waals surface area contributed by atoms with E-state index in [2.05, 4.69) is 6.92 Å². The van der Waals surface area contributed by atoms with E-state index in [-0.39, 0.29) is 17.0 Å². The van der Waals surface area contributed by atoms with Crippen LogP contribution in [-0.4, -0.2) is 20.4 Å². The Morgan fingerprint density at radius 3 is 2.29 bits per heavy atom. The molecule has 7 heavy (non-hydrogen) atoms. The SMILES string of the molecule is Br.C[CH2][Mg][CH]1CC1. The van der Waals surface area contributed by atoms with E-state index in [0.29, 0.717) is 20.4 Å². The van der Waals surface area contributed by atoms with Crippen LogP contribution >= 0.6 is 17.0 Å². The first kappa shape index (κ1) is 8.25. The van der Waals surface area contributed by atoms with E-state index in [0.717, 1.165) is 0 Å². The second kappa shape index (κ2) is 4.16. The predicted molar refractivity (Wildman–Crippen MR) is 39.5 cm³/mol. The Morgan fingerprint density at radius 2 is 2.14 bits per heavy atom. The lowest BCUT2D eigenvalue weighted by Gasteiger charge is -1.76. The summed E-state index contributed by atoms with van der Waals surface area (Å²) in [5.41, 5.74) is 0. The molecule has 0 heterocycles. The Labute approximate surface area is 65.5 Å². The van der Waals surface area contributed by atoms with Crippen LogP contribution in [0.15, 0.2) is 0 Å². The van der Waals surface area contributed by atoms with Gasteiger partial charge in [0.15, 0.2) is 0 Å². The van der Waals surface area contributed by atoms with Gasteiger partial charge in [0, 0.05) is 0 Å². The van der Waals surface area contributed by atoms with Crippen LogP contribution in [0.4, 0.5) is 0 Å². The maximum Gasteiger partial charge on any atom is 0.368 e. The van der Waals surface area contributed by atoms with Gasteiger partial charge in [-0.2, -0.15) is 0 Å². The minimum Gasteiger partial charge on any atom is -0.148 e. The third-order valence-electron chi connectivity index (χ3n) is 1.39. The van der Waals surface area contributed by atoms with Gasteiger partial charge in [-0.1, -0.05) is 19.8 Å². The molecule has 2 heteroatoms. The van der Waals surface area contributed by atoms with Crippen molar-refractivity contribution in [1.82, 2.24) is 0 Å². The Kier molecular flexibility index (Phi) is 4.90. The summed E-state index contributed by atoms with van der Waals surface area (Å²) >= 11 is 0.468. The van der Waals surface area contributed by atoms with Gasteiger partial charge in [-0.25, -0.2) is 0 Å². The fourth-order valence-corrected chi connectivity index (χ4v) is 2.44. The number of halogens is 1. The van der Waals surface area contributed by atoms with Gasteiger partial charge in [-0.15, -0.1) is 25.6 Å². The fraction of sp³-hybridized carbons (Fsp3) is 1.00. The third kappa shape index (κ3) is 3.80. The molecule has 1 aliphatic carbocycles. The molecule has 0 unspecified atom stereocenters. The van der Waals surface area contributed by atoms with E-state index in [4.69, 9.17) is 0 Å². The Hall–Kier alpha value is 1.25. The third-order valence-corrected chi connectivity index (χ3v) is 3.60. The van der Waals surface area contributed by atoms with Gasteiger partial charge in [-0.05, 0) is 0 Å². The molecule has 0 aromatic rings. The van der Waals surface area contributed by atoms with Gasteiger partial charge in [0.1, 0.15) is 0 Å². The van der Waals surface area contributed by atoms with Crippen molar-refractivity contribution in [3.05, 3.63) is 0 Å². The van der Waals surface area contributed by atoms with E-state index >= 15 is 0 Å². The van der Waals surface area contributed by atoms with Gasteiger partial charge in [0.25, 0.3) is 0 Å². The highest BCUT2D eigenvalue weighted by molar-refractivity contribution is 8.93. The average Bonchev–Trinajstić information content (AvgIpc) is 2.21. The molecule has 40 valence electrons. The van der Waals surface area contributed by atoms with Crippen molar-refractivity contribution in [3.63, 3.8) is 0 Å². The topological polar surface area (TPSA) is 0 Å². The largest absolute Gasteiger partial charge is 0.368 e. The highest BCUT2D eigenvalue weighted by Crippen LogP contribution is 2.35. The summed E-state index contributed by atoms with van der Waals surface area (Å²) in [6, 6.07) is 0. The zero-order valence-electron chi connectivity index (χ0n) is 4.81. The molecule has 0 amide bonds. The lowest BCUT2D eigenvalue weighted by molar-refractivity contribution is 1.34. The summed E-state index contributed by atoms with van der Waals surface area (Å²) in [5, 5.41) is 0. The zero-order valence-corrected chi connectivity index (χ0v) is 7.94. The lowest BCUT2D eigenvalue weighted by Crippen LogP contribution is -1.80. The molecule has 1 rings (SSSR count). The first-order valence-electron chi connectivity index (χ1n) is 2.93. The van der Waals surface area contributed by atoms with Crippen molar-refractivity contribution < 1.29 is 0 Å². The second-order valence-electron chi connectivity index (χ2n) is 2.23.